The average molecular weight is 410 g/mol. The minimum Gasteiger partial charge on any atom is -0.476 e. The van der Waals surface area contributed by atoms with Crippen LogP contribution in [0.4, 0.5) is 10.1 Å². The van der Waals surface area contributed by atoms with Crippen molar-refractivity contribution in [2.24, 2.45) is 11.8 Å². The topological polar surface area (TPSA) is 63.7 Å². The van der Waals surface area contributed by atoms with Crippen LogP contribution < -0.4 is 15.0 Å². The van der Waals surface area contributed by atoms with Gasteiger partial charge in [0, 0.05) is 13.1 Å². The summed E-state index contributed by atoms with van der Waals surface area (Å²) in [5.41, 5.74) is 1.20. The Bertz CT molecular complexity index is 735. The number of ether oxygens (including phenoxy) is 2. The van der Waals surface area contributed by atoms with Crippen molar-refractivity contribution in [2.75, 3.05) is 44.4 Å². The number of nitrogens with one attached hydrogen (secondary N) is 1. The van der Waals surface area contributed by atoms with E-state index in [0.717, 1.165) is 31.6 Å². The SMILES string of the molecule is [2H]C([2H])(F)COCC(CC(C)C)NC(=O)c1ccc(N2CCCC2)c(OCC2CC2)n1. The van der Waals surface area contributed by atoms with Crippen LogP contribution in [-0.4, -0.2) is 56.5 Å². The molecule has 0 radical (unpaired) electrons. The normalized spacial score (nSPS) is 19.1. The second-order valence-electron chi connectivity index (χ2n) is 8.42. The van der Waals surface area contributed by atoms with Gasteiger partial charge in [0.05, 0.1) is 34.3 Å². The van der Waals surface area contributed by atoms with Gasteiger partial charge in [-0.2, -0.15) is 0 Å². The largest absolute Gasteiger partial charge is 0.476 e. The summed E-state index contributed by atoms with van der Waals surface area (Å²) >= 11 is 0. The highest BCUT2D eigenvalue weighted by atomic mass is 19.1. The molecule has 0 aromatic carbocycles. The van der Waals surface area contributed by atoms with Crippen LogP contribution in [0.5, 0.6) is 5.88 Å². The lowest BCUT2D eigenvalue weighted by Gasteiger charge is -2.22. The highest BCUT2D eigenvalue weighted by molar-refractivity contribution is 5.93. The molecule has 1 N–H and O–H groups in total. The number of pyridine rings is 1. The van der Waals surface area contributed by atoms with Crippen molar-refractivity contribution in [1.82, 2.24) is 10.3 Å². The molecule has 1 aliphatic heterocycles. The molecule has 7 heteroatoms. The Hall–Kier alpha value is -1.89. The molecule has 1 atom stereocenters. The van der Waals surface area contributed by atoms with E-state index in [0.29, 0.717) is 24.8 Å². The molecule has 6 nitrogen and oxygen atoms in total. The van der Waals surface area contributed by atoms with E-state index in [9.17, 15) is 9.18 Å². The van der Waals surface area contributed by atoms with E-state index in [-0.39, 0.29) is 30.2 Å². The fraction of sp³-hybridized carbons (Fsp3) is 0.727. The Balaban J connectivity index is 1.67. The second kappa shape index (κ2) is 10.8. The predicted molar refractivity (Wildman–Crippen MR) is 111 cm³/mol. The first-order valence-corrected chi connectivity index (χ1v) is 10.7. The van der Waals surface area contributed by atoms with Gasteiger partial charge in [-0.15, -0.1) is 0 Å². The number of alkyl halides is 1. The smallest absolute Gasteiger partial charge is 0.270 e. The van der Waals surface area contributed by atoms with Crippen molar-refractivity contribution >= 4 is 11.6 Å². The predicted octanol–water partition coefficient (Wildman–Crippen LogP) is 3.60. The maximum absolute atomic E-state index is 13.1. The fourth-order valence-electron chi connectivity index (χ4n) is 3.58. The zero-order valence-corrected chi connectivity index (χ0v) is 17.5. The summed E-state index contributed by atoms with van der Waals surface area (Å²) in [5, 5.41) is 2.90. The first-order valence-electron chi connectivity index (χ1n) is 11.7. The summed E-state index contributed by atoms with van der Waals surface area (Å²) in [6, 6.07) is 3.24. The fourth-order valence-corrected chi connectivity index (χ4v) is 3.58. The molecule has 1 unspecified atom stereocenters. The molecular formula is C22H34FN3O3. The minimum atomic E-state index is -2.90. The Morgan fingerprint density at radius 2 is 2.14 bits per heavy atom. The van der Waals surface area contributed by atoms with Gasteiger partial charge in [0.1, 0.15) is 12.3 Å². The van der Waals surface area contributed by atoms with Crippen LogP contribution in [0.2, 0.25) is 0 Å². The number of aromatic nitrogens is 1. The molecule has 1 amide bonds. The minimum absolute atomic E-state index is 0.0320. The first-order chi connectivity index (χ1) is 14.7. The van der Waals surface area contributed by atoms with E-state index in [1.54, 1.807) is 6.07 Å². The van der Waals surface area contributed by atoms with Gasteiger partial charge in [-0.1, -0.05) is 13.8 Å². The van der Waals surface area contributed by atoms with E-state index in [4.69, 9.17) is 12.2 Å². The quantitative estimate of drug-likeness (QED) is 0.571. The number of carbonyl (C=O) groups excluding carboxylic acids is 1. The van der Waals surface area contributed by atoms with Gasteiger partial charge in [0.15, 0.2) is 0 Å². The zero-order chi connectivity index (χ0) is 22.4. The molecule has 1 aliphatic carbocycles. The van der Waals surface area contributed by atoms with E-state index < -0.39 is 13.2 Å². The summed E-state index contributed by atoms with van der Waals surface area (Å²) in [4.78, 5) is 19.7. The second-order valence-corrected chi connectivity index (χ2v) is 8.42. The van der Waals surface area contributed by atoms with E-state index >= 15 is 0 Å². The lowest BCUT2D eigenvalue weighted by atomic mass is 10.0. The molecule has 2 aliphatic rings. The van der Waals surface area contributed by atoms with Gasteiger partial charge < -0.3 is 19.7 Å². The molecule has 1 aromatic rings. The van der Waals surface area contributed by atoms with Gasteiger partial charge in [-0.05, 0) is 56.1 Å². The zero-order valence-electron chi connectivity index (χ0n) is 19.5. The van der Waals surface area contributed by atoms with Crippen LogP contribution >= 0.6 is 0 Å². The Labute approximate surface area is 176 Å². The molecule has 2 heterocycles. The summed E-state index contributed by atoms with van der Waals surface area (Å²) < 4.78 is 38.1. The maximum atomic E-state index is 13.1. The van der Waals surface area contributed by atoms with E-state index in [1.165, 1.54) is 12.8 Å². The van der Waals surface area contributed by atoms with Gasteiger partial charge in [-0.25, -0.2) is 9.37 Å². The number of hydrogen-bond donors (Lipinski definition) is 1. The standard InChI is InChI=1S/C22H34FN3O3/c1-16(2)13-18(15-28-12-9-23)24-21(27)19-7-8-20(26-10-3-4-11-26)22(25-19)29-14-17-5-6-17/h7-8,16-18H,3-6,9-15H2,1-2H3,(H,24,27)/i9D2. The molecule has 1 saturated heterocycles. The molecule has 1 saturated carbocycles. The molecule has 1 aromatic heterocycles. The van der Waals surface area contributed by atoms with E-state index in [1.807, 2.05) is 19.9 Å². The average Bonchev–Trinajstić information content (AvgIpc) is 3.36. The van der Waals surface area contributed by atoms with Crippen molar-refractivity contribution in [3.05, 3.63) is 17.8 Å². The van der Waals surface area contributed by atoms with Gasteiger partial charge in [-0.3, -0.25) is 4.79 Å². The monoisotopic (exact) mass is 409 g/mol. The van der Waals surface area contributed by atoms with Crippen LogP contribution in [0.1, 0.15) is 59.2 Å². The molecule has 29 heavy (non-hydrogen) atoms. The third-order valence-corrected chi connectivity index (χ3v) is 5.24. The number of rotatable bonds is 12. The lowest BCUT2D eigenvalue weighted by molar-refractivity contribution is 0.0770. The highest BCUT2D eigenvalue weighted by Crippen LogP contribution is 2.33. The van der Waals surface area contributed by atoms with Crippen LogP contribution in [0.3, 0.4) is 0 Å². The number of halogens is 1. The maximum Gasteiger partial charge on any atom is 0.270 e. The van der Waals surface area contributed by atoms with Crippen molar-refractivity contribution in [3.8, 4) is 5.88 Å². The van der Waals surface area contributed by atoms with Crippen molar-refractivity contribution in [2.45, 2.75) is 52.0 Å². The Kier molecular flexibility index (Phi) is 7.09. The third kappa shape index (κ3) is 6.84. The van der Waals surface area contributed by atoms with Crippen LogP contribution in [0.15, 0.2) is 12.1 Å². The number of carbonyl (C=O) groups is 1. The number of nitrogens with zero attached hydrogens (tertiary/aromatic N) is 2. The Morgan fingerprint density at radius 3 is 2.79 bits per heavy atom. The molecule has 0 spiro atoms. The molecule has 162 valence electrons. The van der Waals surface area contributed by atoms with Crippen LogP contribution in [0, 0.1) is 11.8 Å². The van der Waals surface area contributed by atoms with Gasteiger partial charge >= 0.3 is 0 Å². The van der Waals surface area contributed by atoms with Gasteiger partial charge in [0.2, 0.25) is 5.88 Å². The van der Waals surface area contributed by atoms with Crippen LogP contribution in [0.25, 0.3) is 0 Å². The number of anilines is 1. The molecule has 0 bridgehead atoms. The summed E-state index contributed by atoms with van der Waals surface area (Å²) in [6.45, 7) is 3.04. The molecule has 3 rings (SSSR count). The van der Waals surface area contributed by atoms with E-state index in [2.05, 4.69) is 15.2 Å². The number of amides is 1. The van der Waals surface area contributed by atoms with Crippen LogP contribution in [-0.2, 0) is 4.74 Å². The molecular weight excluding hydrogens is 373 g/mol. The van der Waals surface area contributed by atoms with Crippen molar-refractivity contribution < 1.29 is 21.4 Å². The summed E-state index contributed by atoms with van der Waals surface area (Å²) in [6.07, 6.45) is 5.24. The summed E-state index contributed by atoms with van der Waals surface area (Å²) in [7, 11) is 0. The first kappa shape index (κ1) is 19.1. The number of hydrogen-bond acceptors (Lipinski definition) is 5. The molecule has 2 fully saturated rings. The highest BCUT2D eigenvalue weighted by Gasteiger charge is 2.25. The third-order valence-electron chi connectivity index (χ3n) is 5.24. The summed E-state index contributed by atoms with van der Waals surface area (Å²) in [5.74, 6) is 1.01. The van der Waals surface area contributed by atoms with Gasteiger partial charge in [0.25, 0.3) is 5.91 Å². The Morgan fingerprint density at radius 1 is 1.38 bits per heavy atom. The van der Waals surface area contributed by atoms with Crippen molar-refractivity contribution in [3.63, 3.8) is 0 Å². The lowest BCUT2D eigenvalue weighted by Crippen LogP contribution is -2.39. The van der Waals surface area contributed by atoms with Crippen molar-refractivity contribution in [1.29, 1.82) is 0 Å².